The van der Waals surface area contributed by atoms with Gasteiger partial charge in [0, 0.05) is 19.5 Å². The molecule has 5 nitrogen and oxygen atoms in total. The summed E-state index contributed by atoms with van der Waals surface area (Å²) in [6.07, 6.45) is 7.74. The van der Waals surface area contributed by atoms with Crippen LogP contribution in [0.4, 0.5) is 4.39 Å². The topological polar surface area (TPSA) is 45.4 Å². The van der Waals surface area contributed by atoms with Crippen LogP contribution in [0.5, 0.6) is 0 Å². The van der Waals surface area contributed by atoms with Crippen LogP contribution in [-0.2, 0) is 6.54 Å². The fraction of sp³-hybridized carbons (Fsp3) is 0.500. The molecule has 0 N–H and O–H groups in total. The minimum atomic E-state index is -0.194. The van der Waals surface area contributed by atoms with Crippen LogP contribution in [0.2, 0.25) is 0 Å². The van der Waals surface area contributed by atoms with Crippen LogP contribution in [-0.4, -0.2) is 52.7 Å². The average Bonchev–Trinajstić information content (AvgIpc) is 2.89. The summed E-state index contributed by atoms with van der Waals surface area (Å²) < 4.78 is 18.0. The van der Waals surface area contributed by atoms with Gasteiger partial charge in [-0.05, 0) is 57.1 Å². The Bertz CT molecular complexity index is 713. The maximum atomic E-state index is 12.9. The molecule has 1 fully saturated rings. The fourth-order valence-electron chi connectivity index (χ4n) is 3.43. The van der Waals surface area contributed by atoms with E-state index in [1.807, 2.05) is 6.92 Å². The SMILES string of the molecule is Cc1nc(CN(C)C2CCCN(C/C=C/c3ccc(F)cc3)CC2)no1. The van der Waals surface area contributed by atoms with E-state index in [0.717, 1.165) is 44.0 Å². The molecule has 1 saturated heterocycles. The van der Waals surface area contributed by atoms with Gasteiger partial charge in [-0.1, -0.05) is 29.4 Å². The zero-order chi connectivity index (χ0) is 18.4. The van der Waals surface area contributed by atoms with E-state index in [2.05, 4.69) is 39.1 Å². The highest BCUT2D eigenvalue weighted by atomic mass is 19.1. The molecule has 1 aliphatic heterocycles. The maximum absolute atomic E-state index is 12.9. The number of benzene rings is 1. The first-order chi connectivity index (χ1) is 12.6. The van der Waals surface area contributed by atoms with Crippen molar-refractivity contribution in [3.05, 3.63) is 53.4 Å². The van der Waals surface area contributed by atoms with Crippen LogP contribution < -0.4 is 0 Å². The second-order valence-electron chi connectivity index (χ2n) is 6.98. The lowest BCUT2D eigenvalue weighted by Gasteiger charge is -2.25. The summed E-state index contributed by atoms with van der Waals surface area (Å²) in [5.74, 6) is 1.18. The molecule has 1 unspecified atom stereocenters. The Labute approximate surface area is 154 Å². The van der Waals surface area contributed by atoms with Gasteiger partial charge >= 0.3 is 0 Å². The molecule has 0 aliphatic carbocycles. The summed E-state index contributed by atoms with van der Waals surface area (Å²) in [4.78, 5) is 9.11. The smallest absolute Gasteiger partial charge is 0.223 e. The highest BCUT2D eigenvalue weighted by Gasteiger charge is 2.21. The summed E-state index contributed by atoms with van der Waals surface area (Å²) in [6.45, 7) is 5.66. The molecule has 2 aromatic rings. The molecule has 0 saturated carbocycles. The van der Waals surface area contributed by atoms with Crippen molar-refractivity contribution in [3.63, 3.8) is 0 Å². The van der Waals surface area contributed by atoms with Gasteiger partial charge in [0.15, 0.2) is 5.82 Å². The summed E-state index contributed by atoms with van der Waals surface area (Å²) >= 11 is 0. The Balaban J connectivity index is 1.46. The Hall–Kier alpha value is -2.05. The largest absolute Gasteiger partial charge is 0.340 e. The lowest BCUT2D eigenvalue weighted by atomic mass is 10.1. The highest BCUT2D eigenvalue weighted by Crippen LogP contribution is 2.17. The normalized spacial score (nSPS) is 19.3. The van der Waals surface area contributed by atoms with Crippen LogP contribution in [0, 0.1) is 12.7 Å². The van der Waals surface area contributed by atoms with Gasteiger partial charge < -0.3 is 4.52 Å². The molecular weight excluding hydrogens is 331 g/mol. The molecule has 0 radical (unpaired) electrons. The van der Waals surface area contributed by atoms with Gasteiger partial charge in [0.05, 0.1) is 6.54 Å². The molecule has 6 heteroatoms. The summed E-state index contributed by atoms with van der Waals surface area (Å²) in [7, 11) is 2.14. The molecule has 3 rings (SSSR count). The van der Waals surface area contributed by atoms with Gasteiger partial charge in [-0.3, -0.25) is 9.80 Å². The van der Waals surface area contributed by atoms with Gasteiger partial charge in [0.1, 0.15) is 5.82 Å². The number of aromatic nitrogens is 2. The molecule has 0 spiro atoms. The molecule has 1 aromatic heterocycles. The third-order valence-electron chi connectivity index (χ3n) is 4.92. The third kappa shape index (κ3) is 5.47. The van der Waals surface area contributed by atoms with Crippen LogP contribution in [0.15, 0.2) is 34.9 Å². The van der Waals surface area contributed by atoms with Crippen molar-refractivity contribution < 1.29 is 8.91 Å². The predicted molar refractivity (Wildman–Crippen MR) is 100 cm³/mol. The molecule has 0 amide bonds. The van der Waals surface area contributed by atoms with E-state index < -0.39 is 0 Å². The second-order valence-corrected chi connectivity index (χ2v) is 6.98. The van der Waals surface area contributed by atoms with Gasteiger partial charge in [-0.2, -0.15) is 4.98 Å². The first-order valence-electron chi connectivity index (χ1n) is 9.24. The van der Waals surface area contributed by atoms with E-state index >= 15 is 0 Å². The zero-order valence-corrected chi connectivity index (χ0v) is 15.6. The zero-order valence-electron chi connectivity index (χ0n) is 15.6. The molecule has 2 heterocycles. The maximum Gasteiger partial charge on any atom is 0.223 e. The van der Waals surface area contributed by atoms with Crippen molar-refractivity contribution in [3.8, 4) is 0 Å². The van der Waals surface area contributed by atoms with E-state index in [1.165, 1.54) is 25.0 Å². The Morgan fingerprint density at radius 3 is 2.81 bits per heavy atom. The van der Waals surface area contributed by atoms with E-state index in [-0.39, 0.29) is 5.82 Å². The average molecular weight is 358 g/mol. The van der Waals surface area contributed by atoms with Crippen molar-refractivity contribution in [2.24, 2.45) is 0 Å². The molecule has 0 bridgehead atoms. The summed E-state index contributed by atoms with van der Waals surface area (Å²) in [5.41, 5.74) is 1.04. The van der Waals surface area contributed by atoms with Crippen LogP contribution in [0.3, 0.4) is 0 Å². The lowest BCUT2D eigenvalue weighted by molar-refractivity contribution is 0.203. The Morgan fingerprint density at radius 2 is 2.08 bits per heavy atom. The molecule has 1 aromatic carbocycles. The third-order valence-corrected chi connectivity index (χ3v) is 4.92. The molecule has 26 heavy (non-hydrogen) atoms. The number of aryl methyl sites for hydroxylation is 1. The summed E-state index contributed by atoms with van der Waals surface area (Å²) in [6, 6.07) is 7.15. The molecule has 140 valence electrons. The van der Waals surface area contributed by atoms with E-state index in [9.17, 15) is 4.39 Å². The van der Waals surface area contributed by atoms with Gasteiger partial charge in [-0.15, -0.1) is 0 Å². The minimum Gasteiger partial charge on any atom is -0.340 e. The predicted octanol–water partition coefficient (Wildman–Crippen LogP) is 3.52. The van der Waals surface area contributed by atoms with Crippen LogP contribution in [0.1, 0.15) is 36.5 Å². The van der Waals surface area contributed by atoms with E-state index in [1.54, 1.807) is 12.1 Å². The number of hydrogen-bond acceptors (Lipinski definition) is 5. The number of halogens is 1. The quantitative estimate of drug-likeness (QED) is 0.791. The highest BCUT2D eigenvalue weighted by molar-refractivity contribution is 5.48. The number of likely N-dealkylation sites (tertiary alicyclic amines) is 1. The van der Waals surface area contributed by atoms with E-state index in [0.29, 0.717) is 11.9 Å². The van der Waals surface area contributed by atoms with Gasteiger partial charge in [0.25, 0.3) is 0 Å². The number of nitrogens with zero attached hydrogens (tertiary/aromatic N) is 4. The lowest BCUT2D eigenvalue weighted by Crippen LogP contribution is -2.33. The molecule has 1 aliphatic rings. The van der Waals surface area contributed by atoms with Gasteiger partial charge in [0.2, 0.25) is 5.89 Å². The molecular formula is C20H27FN4O. The first kappa shape index (κ1) is 18.7. The standard InChI is InChI=1S/C20H27FN4O/c1-16-22-20(23-26-16)15-24(2)19-6-4-13-25(14-11-19)12-3-5-17-7-9-18(21)10-8-17/h3,5,7-10,19H,4,6,11-15H2,1-2H3/b5-3+. The van der Waals surface area contributed by atoms with Crippen LogP contribution >= 0.6 is 0 Å². The molecule has 1 atom stereocenters. The first-order valence-corrected chi connectivity index (χ1v) is 9.24. The van der Waals surface area contributed by atoms with Crippen molar-refractivity contribution in [1.82, 2.24) is 19.9 Å². The summed E-state index contributed by atoms with van der Waals surface area (Å²) in [5, 5.41) is 3.99. The van der Waals surface area contributed by atoms with Crippen LogP contribution in [0.25, 0.3) is 6.08 Å². The monoisotopic (exact) mass is 358 g/mol. The number of rotatable bonds is 6. The minimum absolute atomic E-state index is 0.194. The van der Waals surface area contributed by atoms with Gasteiger partial charge in [-0.25, -0.2) is 4.39 Å². The Kier molecular flexibility index (Phi) is 6.52. The Morgan fingerprint density at radius 1 is 1.27 bits per heavy atom. The van der Waals surface area contributed by atoms with Crippen molar-refractivity contribution in [2.45, 2.75) is 38.8 Å². The van der Waals surface area contributed by atoms with E-state index in [4.69, 9.17) is 4.52 Å². The second kappa shape index (κ2) is 9.05. The van der Waals surface area contributed by atoms with Crippen molar-refractivity contribution >= 4 is 6.08 Å². The number of hydrogen-bond donors (Lipinski definition) is 0. The fourth-order valence-corrected chi connectivity index (χ4v) is 3.43. The van der Waals surface area contributed by atoms with Crippen molar-refractivity contribution in [1.29, 1.82) is 0 Å². The van der Waals surface area contributed by atoms with Crippen molar-refractivity contribution in [2.75, 3.05) is 26.7 Å².